The Morgan fingerprint density at radius 3 is 2.38 bits per heavy atom. The van der Waals surface area contributed by atoms with E-state index in [-0.39, 0.29) is 5.82 Å². The Labute approximate surface area is 147 Å². The lowest BCUT2D eigenvalue weighted by Gasteiger charge is -2.37. The number of nitrogens with zero attached hydrogens (tertiary/aromatic N) is 2. The van der Waals surface area contributed by atoms with Crippen molar-refractivity contribution in [3.05, 3.63) is 59.9 Å². The Bertz CT molecular complexity index is 697. The van der Waals surface area contributed by atoms with Gasteiger partial charge in [-0.1, -0.05) is 24.4 Å². The third kappa shape index (κ3) is 3.67. The normalized spacial score (nSPS) is 14.6. The summed E-state index contributed by atoms with van der Waals surface area (Å²) in [6.07, 6.45) is 0. The molecule has 3 nitrogen and oxygen atoms in total. The van der Waals surface area contributed by atoms with E-state index in [2.05, 4.69) is 9.80 Å². The second-order valence-corrected chi connectivity index (χ2v) is 6.07. The van der Waals surface area contributed by atoms with E-state index in [1.165, 1.54) is 12.1 Å². The monoisotopic (exact) mass is 344 g/mol. The third-order valence-corrected chi connectivity index (χ3v) is 4.65. The van der Waals surface area contributed by atoms with Gasteiger partial charge in [0, 0.05) is 31.9 Å². The van der Waals surface area contributed by atoms with Crippen LogP contribution in [0, 0.1) is 5.82 Å². The fourth-order valence-corrected chi connectivity index (χ4v) is 3.27. The van der Waals surface area contributed by atoms with Gasteiger partial charge in [-0.25, -0.2) is 4.39 Å². The maximum atomic E-state index is 13.1. The van der Waals surface area contributed by atoms with Gasteiger partial charge in [-0.2, -0.15) is 0 Å². The van der Waals surface area contributed by atoms with Gasteiger partial charge in [-0.15, -0.1) is 0 Å². The van der Waals surface area contributed by atoms with Gasteiger partial charge in [0.05, 0.1) is 12.2 Å². The molecule has 0 radical (unpaired) electrons. The lowest BCUT2D eigenvalue weighted by Crippen LogP contribution is -2.48. The van der Waals surface area contributed by atoms with Gasteiger partial charge >= 0.3 is 0 Å². The first-order valence-electron chi connectivity index (χ1n) is 8.20. The highest BCUT2D eigenvalue weighted by molar-refractivity contribution is 7.80. The van der Waals surface area contributed by atoms with Crippen LogP contribution in [0.5, 0.6) is 5.75 Å². The first-order chi connectivity index (χ1) is 11.7. The van der Waals surface area contributed by atoms with Crippen molar-refractivity contribution < 1.29 is 9.13 Å². The van der Waals surface area contributed by atoms with E-state index in [4.69, 9.17) is 17.0 Å². The summed E-state index contributed by atoms with van der Waals surface area (Å²) in [5, 5.41) is 0. The summed E-state index contributed by atoms with van der Waals surface area (Å²) < 4.78 is 18.7. The first kappa shape index (κ1) is 16.7. The summed E-state index contributed by atoms with van der Waals surface area (Å²) in [7, 11) is 0. The van der Waals surface area contributed by atoms with Crippen molar-refractivity contribution in [3.63, 3.8) is 0 Å². The number of benzene rings is 2. The van der Waals surface area contributed by atoms with Gasteiger partial charge in [0.1, 0.15) is 16.6 Å². The molecule has 1 heterocycles. The number of anilines is 1. The van der Waals surface area contributed by atoms with Crippen LogP contribution in [0.3, 0.4) is 0 Å². The minimum atomic E-state index is -0.203. The molecule has 0 unspecified atom stereocenters. The van der Waals surface area contributed by atoms with E-state index in [0.717, 1.165) is 48.2 Å². The third-order valence-electron chi connectivity index (χ3n) is 4.18. The van der Waals surface area contributed by atoms with Gasteiger partial charge in [0.25, 0.3) is 0 Å². The number of rotatable bonds is 4. The number of hydrogen-bond acceptors (Lipinski definition) is 3. The van der Waals surface area contributed by atoms with Gasteiger partial charge in [-0.05, 0) is 43.3 Å². The van der Waals surface area contributed by atoms with Gasteiger partial charge in [0.2, 0.25) is 0 Å². The number of piperazine rings is 1. The van der Waals surface area contributed by atoms with Crippen LogP contribution in [-0.2, 0) is 0 Å². The summed E-state index contributed by atoms with van der Waals surface area (Å²) in [6.45, 7) is 6.01. The standard InChI is InChI=1S/C19H21FN2OS/c1-2-23-18-6-4-3-5-17(18)19(24)22-13-11-21(12-14-22)16-9-7-15(20)8-10-16/h3-10H,2,11-14H2,1H3. The maximum absolute atomic E-state index is 13.1. The van der Waals surface area contributed by atoms with Crippen molar-refractivity contribution in [3.8, 4) is 5.75 Å². The molecule has 0 aromatic heterocycles. The zero-order valence-electron chi connectivity index (χ0n) is 13.7. The molecule has 24 heavy (non-hydrogen) atoms. The van der Waals surface area contributed by atoms with Crippen LogP contribution in [-0.4, -0.2) is 42.7 Å². The largest absolute Gasteiger partial charge is 0.493 e. The van der Waals surface area contributed by atoms with Crippen molar-refractivity contribution in [2.24, 2.45) is 0 Å². The SMILES string of the molecule is CCOc1ccccc1C(=S)N1CCN(c2ccc(F)cc2)CC1. The van der Waals surface area contributed by atoms with Crippen LogP contribution in [0.1, 0.15) is 12.5 Å². The number of para-hydroxylation sites is 1. The van der Waals surface area contributed by atoms with E-state index in [9.17, 15) is 4.39 Å². The molecule has 0 N–H and O–H groups in total. The first-order valence-corrected chi connectivity index (χ1v) is 8.61. The lowest BCUT2D eigenvalue weighted by atomic mass is 10.1. The number of hydrogen-bond donors (Lipinski definition) is 0. The van der Waals surface area contributed by atoms with E-state index >= 15 is 0 Å². The van der Waals surface area contributed by atoms with Crippen LogP contribution >= 0.6 is 12.2 Å². The molecule has 1 fully saturated rings. The molecule has 0 atom stereocenters. The van der Waals surface area contributed by atoms with E-state index < -0.39 is 0 Å². The topological polar surface area (TPSA) is 15.7 Å². The molecule has 126 valence electrons. The number of ether oxygens (including phenoxy) is 1. The zero-order chi connectivity index (χ0) is 16.9. The van der Waals surface area contributed by atoms with Crippen LogP contribution in [0.2, 0.25) is 0 Å². The molecule has 2 aromatic carbocycles. The molecule has 1 aliphatic heterocycles. The Kier molecular flexibility index (Phi) is 5.30. The van der Waals surface area contributed by atoms with Crippen LogP contribution in [0.25, 0.3) is 0 Å². The lowest BCUT2D eigenvalue weighted by molar-refractivity contribution is 0.337. The van der Waals surface area contributed by atoms with Gasteiger partial charge in [0.15, 0.2) is 0 Å². The van der Waals surface area contributed by atoms with Gasteiger partial charge < -0.3 is 14.5 Å². The average Bonchev–Trinajstić information content (AvgIpc) is 2.63. The molecule has 5 heteroatoms. The van der Waals surface area contributed by atoms with Crippen molar-refractivity contribution in [2.75, 3.05) is 37.7 Å². The minimum absolute atomic E-state index is 0.203. The molecule has 0 saturated carbocycles. The highest BCUT2D eigenvalue weighted by Crippen LogP contribution is 2.23. The fourth-order valence-electron chi connectivity index (χ4n) is 2.91. The van der Waals surface area contributed by atoms with E-state index in [0.29, 0.717) is 6.61 Å². The molecule has 0 amide bonds. The van der Waals surface area contributed by atoms with Crippen LogP contribution in [0.15, 0.2) is 48.5 Å². The van der Waals surface area contributed by atoms with Crippen molar-refractivity contribution in [2.45, 2.75) is 6.92 Å². The summed E-state index contributed by atoms with van der Waals surface area (Å²) >= 11 is 5.69. The van der Waals surface area contributed by atoms with E-state index in [1.54, 1.807) is 0 Å². The fraction of sp³-hybridized carbons (Fsp3) is 0.316. The molecule has 1 aliphatic rings. The quantitative estimate of drug-likeness (QED) is 0.785. The van der Waals surface area contributed by atoms with E-state index in [1.807, 2.05) is 43.3 Å². The summed E-state index contributed by atoms with van der Waals surface area (Å²) in [5.74, 6) is 0.636. The minimum Gasteiger partial charge on any atom is -0.493 e. The molecule has 0 bridgehead atoms. The summed E-state index contributed by atoms with van der Waals surface area (Å²) in [5.41, 5.74) is 2.03. The van der Waals surface area contributed by atoms with Crippen molar-refractivity contribution in [1.29, 1.82) is 0 Å². The van der Waals surface area contributed by atoms with Crippen LogP contribution in [0.4, 0.5) is 10.1 Å². The Morgan fingerprint density at radius 2 is 1.71 bits per heavy atom. The Balaban J connectivity index is 1.66. The second-order valence-electron chi connectivity index (χ2n) is 5.68. The number of thiocarbonyl (C=S) groups is 1. The highest BCUT2D eigenvalue weighted by atomic mass is 32.1. The summed E-state index contributed by atoms with van der Waals surface area (Å²) in [4.78, 5) is 5.30. The average molecular weight is 344 g/mol. The smallest absolute Gasteiger partial charge is 0.129 e. The highest BCUT2D eigenvalue weighted by Gasteiger charge is 2.21. The Hall–Kier alpha value is -2.14. The van der Waals surface area contributed by atoms with Crippen molar-refractivity contribution >= 4 is 22.9 Å². The zero-order valence-corrected chi connectivity index (χ0v) is 14.6. The number of halogens is 1. The predicted molar refractivity (Wildman–Crippen MR) is 99.5 cm³/mol. The summed E-state index contributed by atoms with van der Waals surface area (Å²) in [6, 6.07) is 14.6. The van der Waals surface area contributed by atoms with Gasteiger partial charge in [-0.3, -0.25) is 0 Å². The molecule has 0 spiro atoms. The van der Waals surface area contributed by atoms with Crippen LogP contribution < -0.4 is 9.64 Å². The Morgan fingerprint density at radius 1 is 1.04 bits per heavy atom. The van der Waals surface area contributed by atoms with Crippen molar-refractivity contribution in [1.82, 2.24) is 4.90 Å². The molecule has 3 rings (SSSR count). The molecule has 1 saturated heterocycles. The second kappa shape index (κ2) is 7.62. The molecular weight excluding hydrogens is 323 g/mol. The maximum Gasteiger partial charge on any atom is 0.129 e. The predicted octanol–water partition coefficient (Wildman–Crippen LogP) is 3.72. The molecular formula is C19H21FN2OS. The molecule has 2 aromatic rings. The molecule has 0 aliphatic carbocycles.